The van der Waals surface area contributed by atoms with Gasteiger partial charge in [-0.25, -0.2) is 0 Å². The molecule has 1 aromatic carbocycles. The first kappa shape index (κ1) is 14.4. The van der Waals surface area contributed by atoms with Crippen molar-refractivity contribution in [3.05, 3.63) is 29.8 Å². The Hall–Kier alpha value is -1.55. The molecule has 2 aliphatic rings. The molecule has 1 saturated heterocycles. The first-order valence-corrected chi connectivity index (χ1v) is 7.75. The Labute approximate surface area is 126 Å². The highest BCUT2D eigenvalue weighted by Crippen LogP contribution is 2.44. The Balaban J connectivity index is 1.97. The van der Waals surface area contributed by atoms with Gasteiger partial charge < -0.3 is 9.64 Å². The zero-order chi connectivity index (χ0) is 15.1. The van der Waals surface area contributed by atoms with Gasteiger partial charge >= 0.3 is 0 Å². The maximum atomic E-state index is 12.8. The third kappa shape index (κ3) is 2.42. The average molecular weight is 288 g/mol. The summed E-state index contributed by atoms with van der Waals surface area (Å²) in [6, 6.07) is 8.23. The number of methoxy groups -OCH3 is 1. The van der Waals surface area contributed by atoms with Crippen LogP contribution in [-0.4, -0.2) is 30.0 Å². The van der Waals surface area contributed by atoms with Gasteiger partial charge in [-0.15, -0.1) is 0 Å². The fourth-order valence-electron chi connectivity index (χ4n) is 3.26. The van der Waals surface area contributed by atoms with Crippen LogP contribution in [0.4, 0.5) is 0 Å². The predicted molar refractivity (Wildman–Crippen MR) is 81.9 cm³/mol. The molecule has 1 aromatic rings. The number of rotatable bonds is 4. The van der Waals surface area contributed by atoms with E-state index in [9.17, 15) is 4.79 Å². The monoisotopic (exact) mass is 288 g/mol. The van der Waals surface area contributed by atoms with Crippen LogP contribution in [-0.2, 0) is 4.79 Å². The predicted octanol–water partition coefficient (Wildman–Crippen LogP) is 2.56. The number of para-hydroxylation sites is 1. The van der Waals surface area contributed by atoms with Gasteiger partial charge in [0.1, 0.15) is 11.9 Å². The molecule has 4 unspecified atom stereocenters. The van der Waals surface area contributed by atoms with Gasteiger partial charge in [-0.2, -0.15) is 0 Å². The first-order chi connectivity index (χ1) is 10.0. The summed E-state index contributed by atoms with van der Waals surface area (Å²) in [5, 5.41) is 3.52. The van der Waals surface area contributed by atoms with Gasteiger partial charge in [0.2, 0.25) is 5.91 Å². The standard InChI is InChI=1S/C17H24N2O2/c1-10(2)15-17(20)19(13-9-11(13)3)16(18-15)12-7-5-6-8-14(12)21-4/h5-8,10-11,13,15-16,18H,9H2,1-4H3. The van der Waals surface area contributed by atoms with E-state index in [4.69, 9.17) is 4.74 Å². The summed E-state index contributed by atoms with van der Waals surface area (Å²) in [6.07, 6.45) is 1.03. The normalized spacial score (nSPS) is 31.9. The number of nitrogens with zero attached hydrogens (tertiary/aromatic N) is 1. The van der Waals surface area contributed by atoms with E-state index in [0.29, 0.717) is 12.0 Å². The average Bonchev–Trinajstić information content (AvgIpc) is 3.07. The number of hydrogen-bond donors (Lipinski definition) is 1. The van der Waals surface area contributed by atoms with Gasteiger partial charge in [0.15, 0.2) is 0 Å². The Morgan fingerprint density at radius 1 is 1.33 bits per heavy atom. The lowest BCUT2D eigenvalue weighted by Gasteiger charge is -2.26. The summed E-state index contributed by atoms with van der Waals surface area (Å²) >= 11 is 0. The molecule has 0 bridgehead atoms. The lowest BCUT2D eigenvalue weighted by atomic mass is 10.0. The molecule has 4 atom stereocenters. The first-order valence-electron chi connectivity index (χ1n) is 7.75. The molecular weight excluding hydrogens is 264 g/mol. The molecule has 1 heterocycles. The summed E-state index contributed by atoms with van der Waals surface area (Å²) in [5.41, 5.74) is 1.05. The van der Waals surface area contributed by atoms with Crippen molar-refractivity contribution in [1.29, 1.82) is 0 Å². The molecular formula is C17H24N2O2. The van der Waals surface area contributed by atoms with Crippen molar-refractivity contribution in [3.63, 3.8) is 0 Å². The Morgan fingerprint density at radius 3 is 2.57 bits per heavy atom. The van der Waals surface area contributed by atoms with Gasteiger partial charge in [0.05, 0.1) is 13.2 Å². The van der Waals surface area contributed by atoms with Crippen molar-refractivity contribution in [3.8, 4) is 5.75 Å². The van der Waals surface area contributed by atoms with E-state index >= 15 is 0 Å². The molecule has 1 aliphatic heterocycles. The number of hydrogen-bond acceptors (Lipinski definition) is 3. The topological polar surface area (TPSA) is 41.6 Å². The van der Waals surface area contributed by atoms with Crippen molar-refractivity contribution in [2.45, 2.75) is 45.4 Å². The molecule has 0 radical (unpaired) electrons. The Morgan fingerprint density at radius 2 is 2.00 bits per heavy atom. The van der Waals surface area contributed by atoms with Crippen LogP contribution in [0.25, 0.3) is 0 Å². The van der Waals surface area contributed by atoms with E-state index in [2.05, 4.69) is 26.1 Å². The molecule has 4 heteroatoms. The second-order valence-electron chi connectivity index (χ2n) is 6.56. The minimum absolute atomic E-state index is 0.0731. The van der Waals surface area contributed by atoms with Crippen LogP contribution in [0.15, 0.2) is 24.3 Å². The molecule has 3 rings (SSSR count). The molecule has 1 saturated carbocycles. The van der Waals surface area contributed by atoms with Crippen LogP contribution in [0, 0.1) is 11.8 Å². The van der Waals surface area contributed by atoms with Crippen LogP contribution >= 0.6 is 0 Å². The summed E-state index contributed by atoms with van der Waals surface area (Å²) < 4.78 is 5.49. The van der Waals surface area contributed by atoms with Gasteiger partial charge in [0, 0.05) is 11.6 Å². The van der Waals surface area contributed by atoms with Crippen molar-refractivity contribution in [1.82, 2.24) is 10.2 Å². The highest BCUT2D eigenvalue weighted by atomic mass is 16.5. The highest BCUT2D eigenvalue weighted by Gasteiger charge is 2.51. The van der Waals surface area contributed by atoms with E-state index in [1.165, 1.54) is 0 Å². The van der Waals surface area contributed by atoms with Crippen LogP contribution in [0.5, 0.6) is 5.75 Å². The molecule has 21 heavy (non-hydrogen) atoms. The largest absolute Gasteiger partial charge is 0.496 e. The summed E-state index contributed by atoms with van der Waals surface area (Å²) in [5.74, 6) is 1.95. The number of nitrogens with one attached hydrogen (secondary N) is 1. The minimum Gasteiger partial charge on any atom is -0.496 e. The summed E-state index contributed by atoms with van der Waals surface area (Å²) in [6.45, 7) is 6.39. The van der Waals surface area contributed by atoms with E-state index in [0.717, 1.165) is 17.7 Å². The molecule has 1 aliphatic carbocycles. The van der Waals surface area contributed by atoms with Crippen LogP contribution < -0.4 is 10.1 Å². The molecule has 1 N–H and O–H groups in total. The van der Waals surface area contributed by atoms with E-state index < -0.39 is 0 Å². The highest BCUT2D eigenvalue weighted by molar-refractivity contribution is 5.85. The summed E-state index contributed by atoms with van der Waals surface area (Å²) in [4.78, 5) is 14.8. The molecule has 1 amide bonds. The van der Waals surface area contributed by atoms with Crippen molar-refractivity contribution < 1.29 is 9.53 Å². The van der Waals surface area contributed by atoms with E-state index in [1.54, 1.807) is 7.11 Å². The fourth-order valence-corrected chi connectivity index (χ4v) is 3.26. The van der Waals surface area contributed by atoms with Crippen molar-refractivity contribution in [2.75, 3.05) is 7.11 Å². The van der Waals surface area contributed by atoms with Crippen LogP contribution in [0.2, 0.25) is 0 Å². The quantitative estimate of drug-likeness (QED) is 0.926. The second kappa shape index (κ2) is 5.34. The fraction of sp³-hybridized carbons (Fsp3) is 0.588. The molecule has 114 valence electrons. The molecule has 2 fully saturated rings. The van der Waals surface area contributed by atoms with E-state index in [-0.39, 0.29) is 24.0 Å². The number of ether oxygens (including phenoxy) is 1. The third-order valence-corrected chi connectivity index (χ3v) is 4.66. The van der Waals surface area contributed by atoms with Gasteiger partial charge in [-0.05, 0) is 24.3 Å². The maximum absolute atomic E-state index is 12.8. The number of benzene rings is 1. The molecule has 4 nitrogen and oxygen atoms in total. The maximum Gasteiger partial charge on any atom is 0.241 e. The zero-order valence-electron chi connectivity index (χ0n) is 13.2. The molecule has 0 spiro atoms. The Bertz CT molecular complexity index is 543. The third-order valence-electron chi connectivity index (χ3n) is 4.66. The van der Waals surface area contributed by atoms with E-state index in [1.807, 2.05) is 29.2 Å². The lowest BCUT2D eigenvalue weighted by molar-refractivity contribution is -0.131. The van der Waals surface area contributed by atoms with Crippen molar-refractivity contribution in [2.24, 2.45) is 11.8 Å². The second-order valence-corrected chi connectivity index (χ2v) is 6.56. The smallest absolute Gasteiger partial charge is 0.241 e. The zero-order valence-corrected chi connectivity index (χ0v) is 13.2. The van der Waals surface area contributed by atoms with Gasteiger partial charge in [-0.3, -0.25) is 10.1 Å². The van der Waals surface area contributed by atoms with Gasteiger partial charge in [-0.1, -0.05) is 39.0 Å². The lowest BCUT2D eigenvalue weighted by Crippen LogP contribution is -2.35. The Kier molecular flexibility index (Phi) is 3.66. The SMILES string of the molecule is COc1ccccc1C1NC(C(C)C)C(=O)N1C1CC1C. The summed E-state index contributed by atoms with van der Waals surface area (Å²) in [7, 11) is 1.68. The molecule has 0 aromatic heterocycles. The van der Waals surface area contributed by atoms with Crippen LogP contribution in [0.3, 0.4) is 0 Å². The minimum atomic E-state index is -0.104. The number of amides is 1. The van der Waals surface area contributed by atoms with Crippen LogP contribution in [0.1, 0.15) is 38.9 Å². The number of carbonyl (C=O) groups excluding carboxylic acids is 1. The van der Waals surface area contributed by atoms with Crippen molar-refractivity contribution >= 4 is 5.91 Å². The number of carbonyl (C=O) groups is 1. The van der Waals surface area contributed by atoms with Gasteiger partial charge in [0.25, 0.3) is 0 Å².